The maximum atomic E-state index is 11.0. The maximum Gasteiger partial charge on any atom is 0.333 e. The predicted molar refractivity (Wildman–Crippen MR) is 49.6 cm³/mol. The van der Waals surface area contributed by atoms with Gasteiger partial charge in [-0.25, -0.2) is 4.79 Å². The molecule has 0 aromatic rings. The van der Waals surface area contributed by atoms with Crippen LogP contribution in [0.2, 0.25) is 0 Å². The van der Waals surface area contributed by atoms with Crippen molar-refractivity contribution in [3.8, 4) is 0 Å². The van der Waals surface area contributed by atoms with Crippen LogP contribution in [0.3, 0.4) is 0 Å². The number of carbonyl (C=O) groups excluding carboxylic acids is 2. The number of esters is 1. The van der Waals surface area contributed by atoms with Crippen molar-refractivity contribution < 1.29 is 19.0 Å². The van der Waals surface area contributed by atoms with E-state index in [1.54, 1.807) is 6.92 Å². The van der Waals surface area contributed by atoms with Crippen LogP contribution >= 0.6 is 0 Å². The van der Waals surface area contributed by atoms with E-state index < -0.39 is 5.97 Å². The average Bonchev–Trinajstić information content (AvgIpc) is 2.13. The highest BCUT2D eigenvalue weighted by atomic mass is 16.5. The first-order valence-electron chi connectivity index (χ1n) is 4.03. The van der Waals surface area contributed by atoms with Gasteiger partial charge in [-0.2, -0.15) is 0 Å². The predicted octanol–water partition coefficient (Wildman–Crippen LogP) is -0.0228. The van der Waals surface area contributed by atoms with Gasteiger partial charge < -0.3 is 9.39 Å². The van der Waals surface area contributed by atoms with Gasteiger partial charge in [-0.15, -0.1) is 0 Å². The van der Waals surface area contributed by atoms with Crippen molar-refractivity contribution in [3.05, 3.63) is 12.2 Å². The lowest BCUT2D eigenvalue weighted by atomic mass is 10.1. The molecule has 72 valence electrons. The molecule has 5 heteroatoms. The molecular formula is C8H13BO4. The zero-order chi connectivity index (χ0) is 10.3. The van der Waals surface area contributed by atoms with Crippen LogP contribution in [-0.2, 0) is 19.0 Å². The summed E-state index contributed by atoms with van der Waals surface area (Å²) in [6.45, 7) is 5.53. The summed E-state index contributed by atoms with van der Waals surface area (Å²) in [4.78, 5) is 21.7. The van der Waals surface area contributed by atoms with Crippen LogP contribution in [0.1, 0.15) is 19.8 Å². The zero-order valence-electron chi connectivity index (χ0n) is 7.96. The highest BCUT2D eigenvalue weighted by Gasteiger charge is 2.09. The van der Waals surface area contributed by atoms with Gasteiger partial charge in [0.2, 0.25) is 0 Å². The van der Waals surface area contributed by atoms with Crippen LogP contribution in [0.5, 0.6) is 0 Å². The molecule has 0 fully saturated rings. The molecule has 4 nitrogen and oxygen atoms in total. The third kappa shape index (κ3) is 5.06. The summed E-state index contributed by atoms with van der Waals surface area (Å²) in [7, 11) is 1.30. The molecule has 0 spiro atoms. The van der Waals surface area contributed by atoms with Gasteiger partial charge >= 0.3 is 14.0 Å². The molecule has 0 saturated heterocycles. The Balaban J connectivity index is 3.74. The zero-order valence-corrected chi connectivity index (χ0v) is 7.96. The Bertz CT molecular complexity index is 212. The van der Waals surface area contributed by atoms with Crippen LogP contribution in [-0.4, -0.2) is 26.6 Å². The second-order valence-electron chi connectivity index (χ2n) is 2.40. The van der Waals surface area contributed by atoms with Gasteiger partial charge in [0.15, 0.2) is 0 Å². The fourth-order valence-electron chi connectivity index (χ4n) is 0.690. The summed E-state index contributed by atoms with van der Waals surface area (Å²) in [6.07, 6.45) is 0.444. The van der Waals surface area contributed by atoms with E-state index in [9.17, 15) is 9.59 Å². The topological polar surface area (TPSA) is 52.6 Å². The van der Waals surface area contributed by atoms with Crippen molar-refractivity contribution in [2.24, 2.45) is 0 Å². The Morgan fingerprint density at radius 3 is 2.46 bits per heavy atom. The SMILES string of the molecule is BOC(=O)CCC(=C)C(=O)OCC. The highest BCUT2D eigenvalue weighted by Crippen LogP contribution is 2.05. The minimum Gasteiger partial charge on any atom is -0.543 e. The lowest BCUT2D eigenvalue weighted by molar-refractivity contribution is -0.138. The Hall–Kier alpha value is -1.26. The van der Waals surface area contributed by atoms with Crippen molar-refractivity contribution in [2.45, 2.75) is 19.8 Å². The van der Waals surface area contributed by atoms with Crippen LogP contribution in [0.4, 0.5) is 0 Å². The molecule has 0 radical (unpaired) electrons. The van der Waals surface area contributed by atoms with Gasteiger partial charge in [-0.05, 0) is 13.3 Å². The number of rotatable bonds is 5. The lowest BCUT2D eigenvalue weighted by Crippen LogP contribution is -2.09. The quantitative estimate of drug-likeness (QED) is 0.342. The van der Waals surface area contributed by atoms with Crippen LogP contribution < -0.4 is 0 Å². The molecule has 0 N–H and O–H groups in total. The molecule has 0 rings (SSSR count). The van der Waals surface area contributed by atoms with Crippen LogP contribution in [0.25, 0.3) is 0 Å². The Morgan fingerprint density at radius 2 is 2.00 bits per heavy atom. The Labute approximate surface area is 78.3 Å². The fourth-order valence-corrected chi connectivity index (χ4v) is 0.690. The molecule has 0 aliphatic heterocycles. The van der Waals surface area contributed by atoms with E-state index in [4.69, 9.17) is 0 Å². The van der Waals surface area contributed by atoms with E-state index in [0.717, 1.165) is 0 Å². The lowest BCUT2D eigenvalue weighted by Gasteiger charge is -2.03. The van der Waals surface area contributed by atoms with E-state index in [1.807, 2.05) is 0 Å². The minimum absolute atomic E-state index is 0.161. The molecule has 0 aliphatic carbocycles. The average molecular weight is 184 g/mol. The van der Waals surface area contributed by atoms with Crippen molar-refractivity contribution >= 4 is 20.0 Å². The summed E-state index contributed by atoms with van der Waals surface area (Å²) >= 11 is 0. The fraction of sp³-hybridized carbons (Fsp3) is 0.500. The standard InChI is InChI=1S/C8H13BO4/c1-3-12-8(11)6(2)4-5-7(10)13-9/h2-5,9H2,1H3. The van der Waals surface area contributed by atoms with Gasteiger partial charge in [0.05, 0.1) is 6.61 Å². The van der Waals surface area contributed by atoms with Gasteiger partial charge in [0.1, 0.15) is 0 Å². The molecule has 0 aliphatic rings. The molecule has 0 amide bonds. The van der Waals surface area contributed by atoms with Crippen molar-refractivity contribution in [3.63, 3.8) is 0 Å². The minimum atomic E-state index is -0.452. The largest absolute Gasteiger partial charge is 0.543 e. The Kier molecular flexibility index (Phi) is 5.68. The maximum absolute atomic E-state index is 11.0. The van der Waals surface area contributed by atoms with E-state index in [-0.39, 0.29) is 18.8 Å². The van der Waals surface area contributed by atoms with Crippen molar-refractivity contribution in [2.75, 3.05) is 6.61 Å². The molecule has 0 aromatic heterocycles. The summed E-state index contributed by atoms with van der Waals surface area (Å²) in [5.74, 6) is -0.808. The summed E-state index contributed by atoms with van der Waals surface area (Å²) < 4.78 is 9.09. The number of hydrogen-bond acceptors (Lipinski definition) is 4. The molecule has 0 aromatic carbocycles. The summed E-state index contributed by atoms with van der Waals surface area (Å²) in [5.41, 5.74) is 0.298. The second-order valence-corrected chi connectivity index (χ2v) is 2.40. The van der Waals surface area contributed by atoms with Gasteiger partial charge in [0, 0.05) is 12.0 Å². The van der Waals surface area contributed by atoms with Gasteiger partial charge in [0.25, 0.3) is 5.97 Å². The van der Waals surface area contributed by atoms with Gasteiger partial charge in [-0.3, -0.25) is 4.79 Å². The summed E-state index contributed by atoms with van der Waals surface area (Å²) in [6, 6.07) is 0. The first kappa shape index (κ1) is 11.7. The molecule has 0 unspecified atom stereocenters. The molecular weight excluding hydrogens is 171 g/mol. The first-order chi connectivity index (χ1) is 6.11. The van der Waals surface area contributed by atoms with Crippen molar-refractivity contribution in [1.29, 1.82) is 0 Å². The molecule has 0 bridgehead atoms. The normalized spacial score (nSPS) is 9.00. The van der Waals surface area contributed by atoms with E-state index >= 15 is 0 Å². The number of ether oxygens (including phenoxy) is 1. The van der Waals surface area contributed by atoms with E-state index in [2.05, 4.69) is 16.0 Å². The second kappa shape index (κ2) is 6.28. The number of hydrogen-bond donors (Lipinski definition) is 0. The molecule has 0 saturated carbocycles. The third-order valence-electron chi connectivity index (χ3n) is 1.42. The van der Waals surface area contributed by atoms with E-state index in [1.165, 1.54) is 8.05 Å². The Morgan fingerprint density at radius 1 is 1.38 bits per heavy atom. The van der Waals surface area contributed by atoms with Crippen LogP contribution in [0, 0.1) is 0 Å². The van der Waals surface area contributed by atoms with Crippen LogP contribution in [0.15, 0.2) is 12.2 Å². The summed E-state index contributed by atoms with van der Waals surface area (Å²) in [5, 5.41) is 0. The third-order valence-corrected chi connectivity index (χ3v) is 1.42. The first-order valence-corrected chi connectivity index (χ1v) is 4.03. The van der Waals surface area contributed by atoms with E-state index in [0.29, 0.717) is 12.2 Å². The molecule has 13 heavy (non-hydrogen) atoms. The van der Waals surface area contributed by atoms with Gasteiger partial charge in [-0.1, -0.05) is 6.58 Å². The number of carbonyl (C=O) groups is 2. The monoisotopic (exact) mass is 184 g/mol. The smallest absolute Gasteiger partial charge is 0.333 e. The highest BCUT2D eigenvalue weighted by molar-refractivity contribution is 6.05. The molecule has 0 atom stereocenters. The molecule has 0 heterocycles. The van der Waals surface area contributed by atoms with Crippen molar-refractivity contribution in [1.82, 2.24) is 0 Å².